The van der Waals surface area contributed by atoms with Crippen LogP contribution in [0.5, 0.6) is 0 Å². The van der Waals surface area contributed by atoms with Gasteiger partial charge in [0.15, 0.2) is 0 Å². The van der Waals surface area contributed by atoms with E-state index in [0.717, 1.165) is 5.56 Å². The summed E-state index contributed by atoms with van der Waals surface area (Å²) in [5, 5.41) is 9.24. The van der Waals surface area contributed by atoms with Crippen molar-refractivity contribution in [2.45, 2.75) is 25.2 Å². The minimum Gasteiger partial charge on any atom is -0.480 e. The molecular formula is C13H16O3. The zero-order valence-corrected chi connectivity index (χ0v) is 9.56. The Morgan fingerprint density at radius 2 is 1.88 bits per heavy atom. The van der Waals surface area contributed by atoms with Gasteiger partial charge in [-0.3, -0.25) is 4.79 Å². The monoisotopic (exact) mass is 220 g/mol. The maximum absolute atomic E-state index is 11.2. The Labute approximate surface area is 95.0 Å². The molecule has 0 bridgehead atoms. The highest BCUT2D eigenvalue weighted by molar-refractivity contribution is 5.82. The lowest BCUT2D eigenvalue weighted by Gasteiger charge is -2.37. The van der Waals surface area contributed by atoms with Crippen LogP contribution in [0.1, 0.15) is 30.9 Å². The van der Waals surface area contributed by atoms with Crippen molar-refractivity contribution in [3.05, 3.63) is 35.4 Å². The third kappa shape index (κ3) is 1.61. The Morgan fingerprint density at radius 3 is 2.19 bits per heavy atom. The fourth-order valence-electron chi connectivity index (χ4n) is 1.91. The number of benzene rings is 1. The number of hydrogen-bond donors (Lipinski definition) is 1. The average molecular weight is 220 g/mol. The number of carboxylic acid groups (broad SMARTS) is 1. The Kier molecular flexibility index (Phi) is 2.72. The van der Waals surface area contributed by atoms with Crippen LogP contribution in [0, 0.1) is 0 Å². The third-order valence-corrected chi connectivity index (χ3v) is 3.24. The lowest BCUT2D eigenvalue weighted by Crippen LogP contribution is -2.53. The van der Waals surface area contributed by atoms with Crippen LogP contribution in [0.25, 0.3) is 0 Å². The van der Waals surface area contributed by atoms with Crippen LogP contribution in [0.3, 0.4) is 0 Å². The lowest BCUT2D eigenvalue weighted by atomic mass is 9.78. The van der Waals surface area contributed by atoms with E-state index in [9.17, 15) is 9.90 Å². The highest BCUT2D eigenvalue weighted by Gasteiger charge is 2.47. The average Bonchev–Trinajstić information content (AvgIpc) is 2.16. The number of carbonyl (C=O) groups is 1. The molecule has 1 aromatic carbocycles. The normalized spacial score (nSPS) is 18.2. The molecule has 1 aliphatic heterocycles. The predicted octanol–water partition coefficient (Wildman–Crippen LogP) is 2.16. The molecule has 0 aromatic heterocycles. The summed E-state index contributed by atoms with van der Waals surface area (Å²) in [6.07, 6.45) is 0. The molecule has 1 aliphatic rings. The van der Waals surface area contributed by atoms with Gasteiger partial charge in [-0.25, -0.2) is 0 Å². The Balaban J connectivity index is 2.30. The highest BCUT2D eigenvalue weighted by Crippen LogP contribution is 2.33. The first-order chi connectivity index (χ1) is 7.56. The van der Waals surface area contributed by atoms with E-state index in [4.69, 9.17) is 4.74 Å². The molecule has 1 N–H and O–H groups in total. The van der Waals surface area contributed by atoms with Crippen molar-refractivity contribution in [2.75, 3.05) is 13.2 Å². The number of hydrogen-bond acceptors (Lipinski definition) is 2. The largest absolute Gasteiger partial charge is 0.480 e. The fraction of sp³-hybridized carbons (Fsp3) is 0.462. The molecule has 1 aromatic rings. The maximum atomic E-state index is 11.2. The topological polar surface area (TPSA) is 46.5 Å². The van der Waals surface area contributed by atoms with E-state index >= 15 is 0 Å². The summed E-state index contributed by atoms with van der Waals surface area (Å²) in [7, 11) is 0. The second-order valence-corrected chi connectivity index (χ2v) is 4.66. The van der Waals surface area contributed by atoms with Crippen LogP contribution in [0.2, 0.25) is 0 Å². The van der Waals surface area contributed by atoms with E-state index in [1.807, 2.05) is 24.3 Å². The number of ether oxygens (including phenoxy) is 1. The molecule has 0 amide bonds. The standard InChI is InChI=1S/C13H16O3/c1-9(2)10-3-5-11(6-4-10)13(12(14)15)7-16-8-13/h3-6,9H,7-8H2,1-2H3,(H,14,15). The van der Waals surface area contributed by atoms with Gasteiger partial charge in [0.25, 0.3) is 0 Å². The molecule has 0 radical (unpaired) electrons. The molecule has 3 nitrogen and oxygen atoms in total. The van der Waals surface area contributed by atoms with E-state index in [2.05, 4.69) is 13.8 Å². The van der Waals surface area contributed by atoms with Crippen molar-refractivity contribution >= 4 is 5.97 Å². The first-order valence-electron chi connectivity index (χ1n) is 5.48. The fourth-order valence-corrected chi connectivity index (χ4v) is 1.91. The zero-order valence-electron chi connectivity index (χ0n) is 9.56. The quantitative estimate of drug-likeness (QED) is 0.849. The Bertz CT molecular complexity index is 388. The molecule has 16 heavy (non-hydrogen) atoms. The van der Waals surface area contributed by atoms with E-state index in [-0.39, 0.29) is 13.2 Å². The summed E-state index contributed by atoms with van der Waals surface area (Å²) in [6.45, 7) is 4.80. The molecule has 86 valence electrons. The molecule has 0 saturated carbocycles. The van der Waals surface area contributed by atoms with Crippen LogP contribution in [-0.4, -0.2) is 24.3 Å². The summed E-state index contributed by atoms with van der Waals surface area (Å²) in [6, 6.07) is 7.82. The molecule has 0 aliphatic carbocycles. The smallest absolute Gasteiger partial charge is 0.318 e. The Hall–Kier alpha value is -1.35. The van der Waals surface area contributed by atoms with E-state index < -0.39 is 11.4 Å². The van der Waals surface area contributed by atoms with E-state index in [0.29, 0.717) is 5.92 Å². The summed E-state index contributed by atoms with van der Waals surface area (Å²) in [4.78, 5) is 11.2. The number of rotatable bonds is 3. The SMILES string of the molecule is CC(C)c1ccc(C2(C(=O)O)COC2)cc1. The molecule has 3 heteroatoms. The van der Waals surface area contributed by atoms with Gasteiger partial charge in [-0.1, -0.05) is 38.1 Å². The molecule has 0 atom stereocenters. The Morgan fingerprint density at radius 1 is 1.31 bits per heavy atom. The molecule has 1 fully saturated rings. The highest BCUT2D eigenvalue weighted by atomic mass is 16.5. The van der Waals surface area contributed by atoms with Crippen LogP contribution in [0.4, 0.5) is 0 Å². The minimum absolute atomic E-state index is 0.281. The number of aliphatic carboxylic acids is 1. The van der Waals surface area contributed by atoms with Crippen molar-refractivity contribution < 1.29 is 14.6 Å². The van der Waals surface area contributed by atoms with Crippen LogP contribution < -0.4 is 0 Å². The van der Waals surface area contributed by atoms with Gasteiger partial charge in [0.05, 0.1) is 13.2 Å². The van der Waals surface area contributed by atoms with Crippen molar-refractivity contribution in [1.82, 2.24) is 0 Å². The molecule has 1 saturated heterocycles. The second-order valence-electron chi connectivity index (χ2n) is 4.66. The molecule has 0 unspecified atom stereocenters. The van der Waals surface area contributed by atoms with Crippen molar-refractivity contribution in [2.24, 2.45) is 0 Å². The lowest BCUT2D eigenvalue weighted by molar-refractivity contribution is -0.163. The van der Waals surface area contributed by atoms with Gasteiger partial charge in [0.1, 0.15) is 5.41 Å². The summed E-state index contributed by atoms with van der Waals surface area (Å²) in [5.74, 6) is -0.330. The molecule has 2 rings (SSSR count). The minimum atomic E-state index is -0.810. The molecular weight excluding hydrogens is 204 g/mol. The van der Waals surface area contributed by atoms with Crippen LogP contribution in [0.15, 0.2) is 24.3 Å². The van der Waals surface area contributed by atoms with Gasteiger partial charge >= 0.3 is 5.97 Å². The van der Waals surface area contributed by atoms with Gasteiger partial charge in [-0.15, -0.1) is 0 Å². The summed E-state index contributed by atoms with van der Waals surface area (Å²) < 4.78 is 5.05. The van der Waals surface area contributed by atoms with Gasteiger partial charge in [-0.05, 0) is 17.0 Å². The van der Waals surface area contributed by atoms with Crippen molar-refractivity contribution in [3.63, 3.8) is 0 Å². The van der Waals surface area contributed by atoms with Crippen molar-refractivity contribution in [1.29, 1.82) is 0 Å². The van der Waals surface area contributed by atoms with Gasteiger partial charge < -0.3 is 9.84 Å². The first kappa shape index (κ1) is 11.1. The van der Waals surface area contributed by atoms with E-state index in [1.165, 1.54) is 5.56 Å². The van der Waals surface area contributed by atoms with Crippen LogP contribution >= 0.6 is 0 Å². The van der Waals surface area contributed by atoms with Gasteiger partial charge in [0.2, 0.25) is 0 Å². The predicted molar refractivity (Wildman–Crippen MR) is 60.7 cm³/mol. The van der Waals surface area contributed by atoms with Crippen LogP contribution in [-0.2, 0) is 14.9 Å². The maximum Gasteiger partial charge on any atom is 0.318 e. The van der Waals surface area contributed by atoms with Gasteiger partial charge in [0, 0.05) is 0 Å². The van der Waals surface area contributed by atoms with Gasteiger partial charge in [-0.2, -0.15) is 0 Å². The summed E-state index contributed by atoms with van der Waals surface area (Å²) in [5.41, 5.74) is 1.26. The van der Waals surface area contributed by atoms with Crippen molar-refractivity contribution in [3.8, 4) is 0 Å². The first-order valence-corrected chi connectivity index (χ1v) is 5.48. The summed E-state index contributed by atoms with van der Waals surface area (Å²) >= 11 is 0. The molecule has 1 heterocycles. The third-order valence-electron chi connectivity index (χ3n) is 3.24. The van der Waals surface area contributed by atoms with E-state index in [1.54, 1.807) is 0 Å². The zero-order chi connectivity index (χ0) is 11.8. The number of carboxylic acids is 1. The second kappa shape index (κ2) is 3.91. The molecule has 0 spiro atoms.